The van der Waals surface area contributed by atoms with Gasteiger partial charge in [-0.15, -0.1) is 0 Å². The van der Waals surface area contributed by atoms with Gasteiger partial charge >= 0.3 is 6.18 Å². The van der Waals surface area contributed by atoms with E-state index in [2.05, 4.69) is 15.4 Å². The second kappa shape index (κ2) is 6.60. The molecule has 4 rings (SSSR count). The molecule has 1 saturated carbocycles. The lowest BCUT2D eigenvalue weighted by Gasteiger charge is -2.17. The highest BCUT2D eigenvalue weighted by atomic mass is 19.4. The van der Waals surface area contributed by atoms with Gasteiger partial charge in [0, 0.05) is 23.7 Å². The molecule has 1 fully saturated rings. The molecule has 2 aromatic heterocycles. The number of rotatable bonds is 5. The summed E-state index contributed by atoms with van der Waals surface area (Å²) in [5.41, 5.74) is 1.96. The topological polar surface area (TPSA) is 104 Å². The molecule has 2 aliphatic rings. The summed E-state index contributed by atoms with van der Waals surface area (Å²) >= 11 is 0. The molecule has 10 heteroatoms. The second-order valence-electron chi connectivity index (χ2n) is 7.12. The van der Waals surface area contributed by atoms with Gasteiger partial charge in [0.25, 0.3) is 5.91 Å². The number of nitrogens with zero attached hydrogens (tertiary/aromatic N) is 4. The molecule has 146 valence electrons. The first-order chi connectivity index (χ1) is 13.3. The highest BCUT2D eigenvalue weighted by Gasteiger charge is 2.50. The molecule has 2 heterocycles. The van der Waals surface area contributed by atoms with Crippen molar-refractivity contribution in [1.29, 1.82) is 5.26 Å². The lowest BCUT2D eigenvalue weighted by atomic mass is 10.1. The maximum absolute atomic E-state index is 12.6. The molecular formula is C18H16F3N5O2. The molecule has 3 atom stereocenters. The quantitative estimate of drug-likeness (QED) is 0.810. The number of alkyl halides is 3. The number of carbonyl (C=O) groups excluding carboxylic acids is 1. The van der Waals surface area contributed by atoms with Crippen LogP contribution in [0.15, 0.2) is 18.3 Å². The van der Waals surface area contributed by atoms with Crippen LogP contribution in [-0.2, 0) is 6.42 Å². The van der Waals surface area contributed by atoms with E-state index in [1.54, 1.807) is 12.1 Å². The lowest BCUT2D eigenvalue weighted by Crippen LogP contribution is -2.41. The molecule has 1 unspecified atom stereocenters. The number of amides is 1. The summed E-state index contributed by atoms with van der Waals surface area (Å²) in [7, 11) is 0. The van der Waals surface area contributed by atoms with Crippen LogP contribution in [0.25, 0.3) is 5.82 Å². The Labute approximate surface area is 157 Å². The molecule has 2 aliphatic carbocycles. The molecule has 28 heavy (non-hydrogen) atoms. The van der Waals surface area contributed by atoms with Crippen LogP contribution in [-0.4, -0.2) is 44.6 Å². The molecule has 2 aromatic rings. The zero-order valence-corrected chi connectivity index (χ0v) is 14.6. The molecule has 0 spiro atoms. The van der Waals surface area contributed by atoms with E-state index in [9.17, 15) is 23.1 Å². The summed E-state index contributed by atoms with van der Waals surface area (Å²) in [6, 6.07) is 3.67. The van der Waals surface area contributed by atoms with Crippen molar-refractivity contribution in [2.24, 2.45) is 5.92 Å². The predicted molar refractivity (Wildman–Crippen MR) is 89.6 cm³/mol. The largest absolute Gasteiger partial charge is 0.394 e. The minimum absolute atomic E-state index is 0.0481. The summed E-state index contributed by atoms with van der Waals surface area (Å²) in [6.07, 6.45) is -2.78. The molecule has 2 N–H and O–H groups in total. The van der Waals surface area contributed by atoms with Crippen LogP contribution < -0.4 is 5.32 Å². The number of nitriles is 1. The van der Waals surface area contributed by atoms with Gasteiger partial charge in [-0.05, 0) is 24.8 Å². The number of aliphatic hydroxyl groups excluding tert-OH is 1. The summed E-state index contributed by atoms with van der Waals surface area (Å²) in [5, 5.41) is 24.8. The minimum atomic E-state index is -4.51. The maximum atomic E-state index is 12.6. The molecule has 0 bridgehead atoms. The zero-order valence-electron chi connectivity index (χ0n) is 14.6. The van der Waals surface area contributed by atoms with Crippen molar-refractivity contribution in [3.8, 4) is 11.9 Å². The number of halogens is 3. The van der Waals surface area contributed by atoms with Crippen LogP contribution >= 0.6 is 0 Å². The van der Waals surface area contributed by atoms with Gasteiger partial charge < -0.3 is 10.4 Å². The second-order valence-corrected chi connectivity index (χ2v) is 7.12. The van der Waals surface area contributed by atoms with Gasteiger partial charge in [-0.3, -0.25) is 4.79 Å². The van der Waals surface area contributed by atoms with Crippen molar-refractivity contribution in [3.63, 3.8) is 0 Å². The third kappa shape index (κ3) is 3.33. The zero-order chi connectivity index (χ0) is 20.1. The number of fused-ring (bicyclic) bond motifs is 3. The van der Waals surface area contributed by atoms with Crippen LogP contribution in [0.5, 0.6) is 0 Å². The number of hydrogen-bond donors (Lipinski definition) is 2. The normalized spacial score (nSPS) is 20.8. The summed E-state index contributed by atoms with van der Waals surface area (Å²) in [4.78, 5) is 16.8. The summed E-state index contributed by atoms with van der Waals surface area (Å²) in [5.74, 6) is 0.265. The first kappa shape index (κ1) is 18.4. The van der Waals surface area contributed by atoms with E-state index in [1.807, 2.05) is 6.07 Å². The van der Waals surface area contributed by atoms with E-state index in [-0.39, 0.29) is 11.6 Å². The van der Waals surface area contributed by atoms with Crippen molar-refractivity contribution in [3.05, 3.63) is 40.8 Å². The molecule has 0 radical (unpaired) electrons. The van der Waals surface area contributed by atoms with Crippen molar-refractivity contribution in [2.75, 3.05) is 6.61 Å². The molecule has 7 nitrogen and oxygen atoms in total. The van der Waals surface area contributed by atoms with Gasteiger partial charge in [-0.2, -0.15) is 23.5 Å². The minimum Gasteiger partial charge on any atom is -0.394 e. The third-order valence-corrected chi connectivity index (χ3v) is 5.10. The van der Waals surface area contributed by atoms with Crippen LogP contribution in [0, 0.1) is 17.2 Å². The van der Waals surface area contributed by atoms with E-state index < -0.39 is 31.2 Å². The molecule has 0 saturated heterocycles. The van der Waals surface area contributed by atoms with Crippen molar-refractivity contribution < 1.29 is 23.1 Å². The van der Waals surface area contributed by atoms with Crippen LogP contribution in [0.3, 0.4) is 0 Å². The first-order valence-corrected chi connectivity index (χ1v) is 8.77. The number of nitrogens with one attached hydrogen (secondary N) is 1. The highest BCUT2D eigenvalue weighted by molar-refractivity contribution is 5.94. The molecule has 1 amide bonds. The average molecular weight is 391 g/mol. The van der Waals surface area contributed by atoms with E-state index in [0.29, 0.717) is 29.3 Å². The van der Waals surface area contributed by atoms with E-state index in [0.717, 1.165) is 12.1 Å². The Bertz CT molecular complexity index is 979. The fourth-order valence-electron chi connectivity index (χ4n) is 3.77. The van der Waals surface area contributed by atoms with Crippen LogP contribution in [0.2, 0.25) is 0 Å². The Morgan fingerprint density at radius 2 is 2.29 bits per heavy atom. The van der Waals surface area contributed by atoms with Crippen molar-refractivity contribution in [1.82, 2.24) is 20.1 Å². The van der Waals surface area contributed by atoms with Gasteiger partial charge in [0.2, 0.25) is 0 Å². The van der Waals surface area contributed by atoms with Gasteiger partial charge in [-0.25, -0.2) is 9.67 Å². The predicted octanol–water partition coefficient (Wildman–Crippen LogP) is 1.84. The van der Waals surface area contributed by atoms with Crippen LogP contribution in [0.4, 0.5) is 13.2 Å². The molecular weight excluding hydrogens is 375 g/mol. The van der Waals surface area contributed by atoms with Crippen molar-refractivity contribution >= 4 is 5.91 Å². The number of carbonyl (C=O) groups is 1. The number of aliphatic hydroxyl groups is 1. The Morgan fingerprint density at radius 1 is 1.50 bits per heavy atom. The fourth-order valence-corrected chi connectivity index (χ4v) is 3.77. The Hall–Kier alpha value is -2.93. The number of hydrogen-bond acceptors (Lipinski definition) is 5. The van der Waals surface area contributed by atoms with Crippen LogP contribution in [0.1, 0.15) is 46.1 Å². The highest BCUT2D eigenvalue weighted by Crippen LogP contribution is 2.57. The van der Waals surface area contributed by atoms with Gasteiger partial charge in [-0.1, -0.05) is 0 Å². The SMILES string of the molecule is N#Cc1ccnc(-n2nc(C(=O)NC(CO)CC(F)(F)F)c3c2[C@H]2C[C@H]2C3)c1. The number of pyridine rings is 1. The fraction of sp³-hybridized carbons (Fsp3) is 0.444. The first-order valence-electron chi connectivity index (χ1n) is 8.77. The monoisotopic (exact) mass is 391 g/mol. The Kier molecular flexibility index (Phi) is 4.34. The maximum Gasteiger partial charge on any atom is 0.391 e. The summed E-state index contributed by atoms with van der Waals surface area (Å²) in [6.45, 7) is -0.828. The lowest BCUT2D eigenvalue weighted by molar-refractivity contribution is -0.141. The Balaban J connectivity index is 1.67. The van der Waals surface area contributed by atoms with Crippen molar-refractivity contribution in [2.45, 2.75) is 37.4 Å². The van der Waals surface area contributed by atoms with E-state index in [4.69, 9.17) is 5.26 Å². The van der Waals surface area contributed by atoms with E-state index >= 15 is 0 Å². The van der Waals surface area contributed by atoms with Gasteiger partial charge in [0.1, 0.15) is 0 Å². The van der Waals surface area contributed by atoms with Gasteiger partial charge in [0.15, 0.2) is 11.5 Å². The average Bonchev–Trinajstić information content (AvgIpc) is 3.15. The standard InChI is InChI=1S/C18H16F3N5O2/c19-18(20,21)6-11(8-27)24-17(28)15-13-5-10-4-12(10)16(13)26(25-15)14-3-9(7-22)1-2-23-14/h1-3,10-12,27H,4-6,8H2,(H,24,28)/t10-,11?,12-/m0/s1. The molecule has 0 aromatic carbocycles. The number of aromatic nitrogens is 3. The van der Waals surface area contributed by atoms with E-state index in [1.165, 1.54) is 10.9 Å². The van der Waals surface area contributed by atoms with Gasteiger partial charge in [0.05, 0.1) is 36.4 Å². The molecule has 0 aliphatic heterocycles. The Morgan fingerprint density at radius 3 is 2.96 bits per heavy atom. The third-order valence-electron chi connectivity index (χ3n) is 5.10. The smallest absolute Gasteiger partial charge is 0.391 e. The summed E-state index contributed by atoms with van der Waals surface area (Å²) < 4.78 is 39.3.